The third-order valence-corrected chi connectivity index (χ3v) is 2.25. The highest BCUT2D eigenvalue weighted by molar-refractivity contribution is 5.39. The van der Waals surface area contributed by atoms with E-state index >= 15 is 0 Å². The van der Waals surface area contributed by atoms with Gasteiger partial charge in [0.25, 0.3) is 6.43 Å². The zero-order valence-electron chi connectivity index (χ0n) is 10.1. The molecule has 102 valence electrons. The Kier molecular flexibility index (Phi) is 6.38. The molecule has 0 saturated carbocycles. The van der Waals surface area contributed by atoms with Gasteiger partial charge in [-0.15, -0.1) is 0 Å². The highest BCUT2D eigenvalue weighted by Gasteiger charge is 2.15. The van der Waals surface area contributed by atoms with Gasteiger partial charge in [-0.05, 0) is 12.1 Å². The van der Waals surface area contributed by atoms with E-state index in [0.717, 1.165) is 0 Å². The van der Waals surface area contributed by atoms with Crippen molar-refractivity contribution in [2.24, 2.45) is 0 Å². The van der Waals surface area contributed by atoms with E-state index in [4.69, 9.17) is 14.6 Å². The Morgan fingerprint density at radius 1 is 1.28 bits per heavy atom. The molecule has 0 aromatic heterocycles. The number of methoxy groups -OCH3 is 1. The Balaban J connectivity index is 2.22. The summed E-state index contributed by atoms with van der Waals surface area (Å²) in [6.07, 6.45) is -4.37. The monoisotopic (exact) mass is 261 g/mol. The number of hydrogen-bond donors (Lipinski definition) is 2. The first kappa shape index (κ1) is 14.7. The molecule has 0 aliphatic heterocycles. The van der Waals surface area contributed by atoms with Crippen LogP contribution in [0, 0.1) is 0 Å². The van der Waals surface area contributed by atoms with Crippen molar-refractivity contribution in [3.63, 3.8) is 0 Å². The number of aliphatic hydroxyl groups excluding tert-OH is 1. The van der Waals surface area contributed by atoms with Crippen LogP contribution in [0.4, 0.5) is 8.78 Å². The molecule has 0 amide bonds. The Morgan fingerprint density at radius 2 is 1.94 bits per heavy atom. The molecule has 0 fully saturated rings. The topological polar surface area (TPSA) is 50.7 Å². The van der Waals surface area contributed by atoms with Gasteiger partial charge in [0.1, 0.15) is 12.7 Å². The number of alkyl halides is 2. The molecule has 2 N–H and O–H groups in total. The minimum atomic E-state index is -2.73. The summed E-state index contributed by atoms with van der Waals surface area (Å²) in [5.74, 6) is 1.21. The van der Waals surface area contributed by atoms with Crippen LogP contribution in [-0.2, 0) is 0 Å². The first-order chi connectivity index (χ1) is 8.65. The van der Waals surface area contributed by atoms with Crippen LogP contribution in [0.25, 0.3) is 0 Å². The van der Waals surface area contributed by atoms with E-state index in [1.807, 2.05) is 12.1 Å². The maximum absolute atomic E-state index is 12.0. The van der Waals surface area contributed by atoms with Gasteiger partial charge in [-0.2, -0.15) is 0 Å². The number of rotatable bonds is 8. The Morgan fingerprint density at radius 3 is 2.56 bits per heavy atom. The van der Waals surface area contributed by atoms with Crippen molar-refractivity contribution in [1.82, 2.24) is 5.32 Å². The van der Waals surface area contributed by atoms with Crippen molar-refractivity contribution < 1.29 is 23.4 Å². The number of halogens is 2. The van der Waals surface area contributed by atoms with Gasteiger partial charge in [-0.25, -0.2) is 8.78 Å². The summed E-state index contributed by atoms with van der Waals surface area (Å²) in [6.45, 7) is 0.505. The van der Waals surface area contributed by atoms with Crippen LogP contribution >= 0.6 is 0 Å². The molecule has 1 atom stereocenters. The van der Waals surface area contributed by atoms with Crippen LogP contribution in [0.3, 0.4) is 0 Å². The van der Waals surface area contributed by atoms with Gasteiger partial charge in [0.15, 0.2) is 11.5 Å². The van der Waals surface area contributed by atoms with Gasteiger partial charge < -0.3 is 19.9 Å². The van der Waals surface area contributed by atoms with Crippen LogP contribution < -0.4 is 14.8 Å². The molecule has 1 aromatic rings. The van der Waals surface area contributed by atoms with Gasteiger partial charge in [-0.1, -0.05) is 12.1 Å². The number of benzene rings is 1. The molecule has 0 bridgehead atoms. The normalized spacial score (nSPS) is 12.5. The lowest BCUT2D eigenvalue weighted by Gasteiger charge is -2.12. The second kappa shape index (κ2) is 7.84. The number of para-hydroxylation sites is 2. The lowest BCUT2D eigenvalue weighted by molar-refractivity contribution is -0.00347. The highest BCUT2D eigenvalue weighted by Crippen LogP contribution is 2.25. The summed E-state index contributed by atoms with van der Waals surface area (Å²) in [5, 5.41) is 11.5. The molecule has 0 heterocycles. The molecule has 1 unspecified atom stereocenters. The summed E-state index contributed by atoms with van der Waals surface area (Å²) in [4.78, 5) is 0. The average Bonchev–Trinajstić information content (AvgIpc) is 2.38. The van der Waals surface area contributed by atoms with Crippen molar-refractivity contribution >= 4 is 0 Å². The molecule has 0 aliphatic carbocycles. The molecule has 6 heteroatoms. The lowest BCUT2D eigenvalue weighted by atomic mass is 10.3. The lowest BCUT2D eigenvalue weighted by Crippen LogP contribution is -2.34. The molecule has 4 nitrogen and oxygen atoms in total. The largest absolute Gasteiger partial charge is 0.493 e. The summed E-state index contributed by atoms with van der Waals surface area (Å²) in [7, 11) is 1.54. The second-order valence-corrected chi connectivity index (χ2v) is 3.61. The molecule has 0 aliphatic rings. The van der Waals surface area contributed by atoms with Crippen LogP contribution in [0.1, 0.15) is 0 Å². The van der Waals surface area contributed by atoms with Crippen LogP contribution in [0.5, 0.6) is 11.5 Å². The molecule has 0 spiro atoms. The fraction of sp³-hybridized carbons (Fsp3) is 0.500. The molecule has 18 heavy (non-hydrogen) atoms. The molecule has 1 rings (SSSR count). The maximum atomic E-state index is 12.0. The van der Waals surface area contributed by atoms with Crippen molar-refractivity contribution in [2.75, 3.05) is 26.8 Å². The molecular formula is C12H17F2NO3. The predicted octanol–water partition coefficient (Wildman–Crippen LogP) is 1.29. The molecule has 0 radical (unpaired) electrons. The van der Waals surface area contributed by atoms with Gasteiger partial charge in [0.2, 0.25) is 0 Å². The SMILES string of the molecule is COc1ccccc1OCCNCC(O)C(F)F. The van der Waals surface area contributed by atoms with Gasteiger partial charge in [-0.3, -0.25) is 0 Å². The third kappa shape index (κ3) is 4.85. The van der Waals surface area contributed by atoms with E-state index in [-0.39, 0.29) is 6.54 Å². The van der Waals surface area contributed by atoms with E-state index in [9.17, 15) is 8.78 Å². The van der Waals surface area contributed by atoms with Crippen LogP contribution in [0.15, 0.2) is 24.3 Å². The summed E-state index contributed by atoms with van der Waals surface area (Å²) < 4.78 is 34.4. The maximum Gasteiger partial charge on any atom is 0.265 e. The van der Waals surface area contributed by atoms with E-state index < -0.39 is 12.5 Å². The Hall–Kier alpha value is -1.40. The third-order valence-electron chi connectivity index (χ3n) is 2.25. The molecular weight excluding hydrogens is 244 g/mol. The van der Waals surface area contributed by atoms with Crippen molar-refractivity contribution in [3.8, 4) is 11.5 Å². The van der Waals surface area contributed by atoms with E-state index in [0.29, 0.717) is 24.7 Å². The van der Waals surface area contributed by atoms with E-state index in [2.05, 4.69) is 5.32 Å². The average molecular weight is 261 g/mol. The Labute approximate surface area is 105 Å². The van der Waals surface area contributed by atoms with Gasteiger partial charge >= 0.3 is 0 Å². The van der Waals surface area contributed by atoms with Gasteiger partial charge in [0, 0.05) is 13.1 Å². The number of ether oxygens (including phenoxy) is 2. The predicted molar refractivity (Wildman–Crippen MR) is 63.4 cm³/mol. The quantitative estimate of drug-likeness (QED) is 0.692. The second-order valence-electron chi connectivity index (χ2n) is 3.61. The van der Waals surface area contributed by atoms with E-state index in [1.165, 1.54) is 0 Å². The Bertz CT molecular complexity index is 350. The fourth-order valence-electron chi connectivity index (χ4n) is 1.31. The number of nitrogens with one attached hydrogen (secondary N) is 1. The minimum Gasteiger partial charge on any atom is -0.493 e. The van der Waals surface area contributed by atoms with Crippen LogP contribution in [0.2, 0.25) is 0 Å². The summed E-state index contributed by atoms with van der Waals surface area (Å²) >= 11 is 0. The van der Waals surface area contributed by atoms with Crippen molar-refractivity contribution in [3.05, 3.63) is 24.3 Å². The minimum absolute atomic E-state index is 0.160. The first-order valence-corrected chi connectivity index (χ1v) is 5.58. The first-order valence-electron chi connectivity index (χ1n) is 5.58. The molecule has 0 saturated heterocycles. The van der Waals surface area contributed by atoms with E-state index in [1.54, 1.807) is 19.2 Å². The zero-order chi connectivity index (χ0) is 13.4. The fourth-order valence-corrected chi connectivity index (χ4v) is 1.31. The summed E-state index contributed by atoms with van der Waals surface area (Å²) in [5.41, 5.74) is 0. The smallest absolute Gasteiger partial charge is 0.265 e. The van der Waals surface area contributed by atoms with Gasteiger partial charge in [0.05, 0.1) is 7.11 Å². The van der Waals surface area contributed by atoms with Crippen LogP contribution in [-0.4, -0.2) is 44.4 Å². The van der Waals surface area contributed by atoms with Crippen molar-refractivity contribution in [1.29, 1.82) is 0 Å². The summed E-state index contributed by atoms with van der Waals surface area (Å²) in [6, 6.07) is 7.16. The zero-order valence-corrected chi connectivity index (χ0v) is 10.1. The highest BCUT2D eigenvalue weighted by atomic mass is 19.3. The molecule has 1 aromatic carbocycles. The number of hydrogen-bond acceptors (Lipinski definition) is 4. The van der Waals surface area contributed by atoms with Crippen molar-refractivity contribution in [2.45, 2.75) is 12.5 Å². The number of aliphatic hydroxyl groups is 1. The standard InChI is InChI=1S/C12H17F2NO3/c1-17-10-4-2-3-5-11(10)18-7-6-15-8-9(16)12(13)14/h2-5,9,12,15-16H,6-8H2,1H3.